The van der Waals surface area contributed by atoms with Crippen molar-refractivity contribution in [3.63, 3.8) is 0 Å². The minimum Gasteiger partial charge on any atom is -0.348 e. The van der Waals surface area contributed by atoms with E-state index in [-0.39, 0.29) is 29.6 Å². The Kier molecular flexibility index (Phi) is 5.32. The van der Waals surface area contributed by atoms with Gasteiger partial charge in [0, 0.05) is 29.8 Å². The van der Waals surface area contributed by atoms with Crippen LogP contribution in [0.5, 0.6) is 0 Å². The van der Waals surface area contributed by atoms with Crippen LogP contribution >= 0.6 is 15.9 Å². The first-order chi connectivity index (χ1) is 12.4. The Labute approximate surface area is 158 Å². The summed E-state index contributed by atoms with van der Waals surface area (Å²) in [7, 11) is 0. The largest absolute Gasteiger partial charge is 0.348 e. The van der Waals surface area contributed by atoms with Gasteiger partial charge in [0.05, 0.1) is 9.40 Å². The molecule has 0 unspecified atom stereocenters. The van der Waals surface area contributed by atoms with E-state index in [4.69, 9.17) is 0 Å². The molecule has 8 heteroatoms. The van der Waals surface area contributed by atoms with E-state index in [9.17, 15) is 19.7 Å². The zero-order chi connectivity index (χ0) is 18.7. The summed E-state index contributed by atoms with van der Waals surface area (Å²) in [5.74, 6) is -0.210. The van der Waals surface area contributed by atoms with Crippen LogP contribution in [0, 0.1) is 16.0 Å². The average molecular weight is 418 g/mol. The SMILES string of the molecule is O=C(NCc1ccc(NC(=O)C2CC2)cc1)c1ccc(Br)c([N+](=O)[O-])c1. The second-order valence-corrected chi connectivity index (χ2v) is 6.92. The van der Waals surface area contributed by atoms with Gasteiger partial charge in [-0.15, -0.1) is 0 Å². The monoisotopic (exact) mass is 417 g/mol. The third kappa shape index (κ3) is 4.45. The molecular weight excluding hydrogens is 402 g/mol. The van der Waals surface area contributed by atoms with Crippen LogP contribution in [0.3, 0.4) is 0 Å². The van der Waals surface area contributed by atoms with Gasteiger partial charge < -0.3 is 10.6 Å². The lowest BCUT2D eigenvalue weighted by atomic mass is 10.1. The van der Waals surface area contributed by atoms with Gasteiger partial charge >= 0.3 is 0 Å². The van der Waals surface area contributed by atoms with Crippen molar-refractivity contribution in [2.75, 3.05) is 5.32 Å². The van der Waals surface area contributed by atoms with Crippen LogP contribution in [0.4, 0.5) is 11.4 Å². The fourth-order valence-corrected chi connectivity index (χ4v) is 2.77. The number of benzene rings is 2. The Morgan fingerprint density at radius 3 is 2.46 bits per heavy atom. The maximum absolute atomic E-state index is 12.2. The summed E-state index contributed by atoms with van der Waals surface area (Å²) in [6.45, 7) is 0.277. The van der Waals surface area contributed by atoms with E-state index in [1.165, 1.54) is 18.2 Å². The third-order valence-corrected chi connectivity index (χ3v) is 4.70. The maximum Gasteiger partial charge on any atom is 0.284 e. The number of halogens is 1. The molecule has 0 spiro atoms. The van der Waals surface area contributed by atoms with Gasteiger partial charge in [-0.3, -0.25) is 19.7 Å². The topological polar surface area (TPSA) is 101 Å². The molecule has 2 aromatic rings. The summed E-state index contributed by atoms with van der Waals surface area (Å²) in [6, 6.07) is 11.4. The fourth-order valence-electron chi connectivity index (χ4n) is 2.37. The molecule has 2 N–H and O–H groups in total. The van der Waals surface area contributed by atoms with Gasteiger partial charge in [0.2, 0.25) is 5.91 Å². The van der Waals surface area contributed by atoms with Crippen molar-refractivity contribution >= 4 is 39.1 Å². The molecule has 2 amide bonds. The zero-order valence-corrected chi connectivity index (χ0v) is 15.3. The van der Waals surface area contributed by atoms with Crippen LogP contribution in [0.2, 0.25) is 0 Å². The molecule has 0 aromatic heterocycles. The smallest absolute Gasteiger partial charge is 0.284 e. The number of carbonyl (C=O) groups excluding carboxylic acids is 2. The van der Waals surface area contributed by atoms with Crippen molar-refractivity contribution in [1.82, 2.24) is 5.32 Å². The molecule has 1 aliphatic rings. The van der Waals surface area contributed by atoms with Gasteiger partial charge in [0.15, 0.2) is 0 Å². The van der Waals surface area contributed by atoms with E-state index in [0.29, 0.717) is 4.47 Å². The average Bonchev–Trinajstić information content (AvgIpc) is 3.46. The standard InChI is InChI=1S/C18H16BrN3O4/c19-15-8-5-13(9-16(15)22(25)26)17(23)20-10-11-1-6-14(7-2-11)21-18(24)12-3-4-12/h1-2,5-9,12H,3-4,10H2,(H,20,23)(H,21,24). The first-order valence-corrected chi connectivity index (χ1v) is 8.85. The molecule has 26 heavy (non-hydrogen) atoms. The number of hydrogen-bond acceptors (Lipinski definition) is 4. The summed E-state index contributed by atoms with van der Waals surface area (Å²) < 4.78 is 0.322. The second kappa shape index (κ2) is 7.65. The van der Waals surface area contributed by atoms with Crippen LogP contribution in [0.15, 0.2) is 46.9 Å². The zero-order valence-electron chi connectivity index (χ0n) is 13.7. The number of nitro groups is 1. The molecule has 0 aliphatic heterocycles. The van der Waals surface area contributed by atoms with Gasteiger partial charge in [0.1, 0.15) is 0 Å². The Bertz CT molecular complexity index is 863. The Morgan fingerprint density at radius 1 is 1.15 bits per heavy atom. The van der Waals surface area contributed by atoms with Crippen molar-refractivity contribution < 1.29 is 14.5 Å². The quantitative estimate of drug-likeness (QED) is 0.553. The normalized spacial score (nSPS) is 13.1. The molecule has 1 aliphatic carbocycles. The maximum atomic E-state index is 12.2. The minimum absolute atomic E-state index is 0.0443. The molecule has 1 saturated carbocycles. The third-order valence-electron chi connectivity index (χ3n) is 4.03. The molecule has 0 bridgehead atoms. The van der Waals surface area contributed by atoms with E-state index in [1.54, 1.807) is 12.1 Å². The highest BCUT2D eigenvalue weighted by Crippen LogP contribution is 2.30. The van der Waals surface area contributed by atoms with E-state index < -0.39 is 10.8 Å². The molecule has 134 valence electrons. The Balaban J connectivity index is 1.58. The number of nitrogens with zero attached hydrogens (tertiary/aromatic N) is 1. The number of nitrogens with one attached hydrogen (secondary N) is 2. The number of nitro benzene ring substituents is 1. The number of rotatable bonds is 6. The lowest BCUT2D eigenvalue weighted by Crippen LogP contribution is -2.22. The molecule has 2 aromatic carbocycles. The van der Waals surface area contributed by atoms with Crippen LogP contribution in [-0.4, -0.2) is 16.7 Å². The fraction of sp³-hybridized carbons (Fsp3) is 0.222. The summed E-state index contributed by atoms with van der Waals surface area (Å²) in [4.78, 5) is 34.3. The van der Waals surface area contributed by atoms with E-state index in [0.717, 1.165) is 24.1 Å². The lowest BCUT2D eigenvalue weighted by Gasteiger charge is -2.08. The van der Waals surface area contributed by atoms with E-state index in [2.05, 4.69) is 26.6 Å². The highest BCUT2D eigenvalue weighted by atomic mass is 79.9. The van der Waals surface area contributed by atoms with Crippen molar-refractivity contribution in [1.29, 1.82) is 0 Å². The second-order valence-electron chi connectivity index (χ2n) is 6.07. The van der Waals surface area contributed by atoms with Crippen LogP contribution in [0.25, 0.3) is 0 Å². The van der Waals surface area contributed by atoms with Crippen LogP contribution in [0.1, 0.15) is 28.8 Å². The summed E-state index contributed by atoms with van der Waals surface area (Å²) in [6.07, 6.45) is 1.90. The van der Waals surface area contributed by atoms with Crippen LogP contribution < -0.4 is 10.6 Å². The van der Waals surface area contributed by atoms with E-state index in [1.807, 2.05) is 12.1 Å². The van der Waals surface area contributed by atoms with Gasteiger partial charge in [0.25, 0.3) is 11.6 Å². The molecular formula is C18H16BrN3O4. The van der Waals surface area contributed by atoms with Crippen molar-refractivity contribution in [3.8, 4) is 0 Å². The first kappa shape index (κ1) is 18.1. The lowest BCUT2D eigenvalue weighted by molar-refractivity contribution is -0.385. The predicted octanol–water partition coefficient (Wildman–Crippen LogP) is 3.64. The molecule has 3 rings (SSSR count). The molecule has 1 fully saturated rings. The highest BCUT2D eigenvalue weighted by Gasteiger charge is 2.29. The Morgan fingerprint density at radius 2 is 1.85 bits per heavy atom. The van der Waals surface area contributed by atoms with Crippen molar-refractivity contribution in [3.05, 3.63) is 68.2 Å². The van der Waals surface area contributed by atoms with Gasteiger partial charge in [-0.2, -0.15) is 0 Å². The molecule has 7 nitrogen and oxygen atoms in total. The van der Waals surface area contributed by atoms with Crippen molar-refractivity contribution in [2.45, 2.75) is 19.4 Å². The summed E-state index contributed by atoms with van der Waals surface area (Å²) in [5.41, 5.74) is 1.64. The first-order valence-electron chi connectivity index (χ1n) is 8.06. The Hall–Kier alpha value is -2.74. The number of hydrogen-bond donors (Lipinski definition) is 2. The molecule has 0 atom stereocenters. The molecule has 0 radical (unpaired) electrons. The van der Waals surface area contributed by atoms with Gasteiger partial charge in [-0.05, 0) is 58.6 Å². The van der Waals surface area contributed by atoms with Gasteiger partial charge in [-0.1, -0.05) is 12.1 Å². The summed E-state index contributed by atoms with van der Waals surface area (Å²) >= 11 is 3.09. The van der Waals surface area contributed by atoms with Crippen LogP contribution in [-0.2, 0) is 11.3 Å². The number of anilines is 1. The highest BCUT2D eigenvalue weighted by molar-refractivity contribution is 9.10. The number of amides is 2. The molecule has 0 saturated heterocycles. The minimum atomic E-state index is -0.546. The summed E-state index contributed by atoms with van der Waals surface area (Å²) in [5, 5.41) is 16.5. The van der Waals surface area contributed by atoms with E-state index >= 15 is 0 Å². The molecule has 0 heterocycles. The number of carbonyl (C=O) groups is 2. The van der Waals surface area contributed by atoms with Crippen molar-refractivity contribution in [2.24, 2.45) is 5.92 Å². The van der Waals surface area contributed by atoms with Gasteiger partial charge in [-0.25, -0.2) is 0 Å². The predicted molar refractivity (Wildman–Crippen MR) is 99.8 cm³/mol.